The largest absolute Gasteiger partial charge is 0.326 e. The van der Waals surface area contributed by atoms with Crippen LogP contribution in [0.1, 0.15) is 37.3 Å². The number of rotatable bonds is 5. The number of anilines is 2. The first kappa shape index (κ1) is 18.6. The summed E-state index contributed by atoms with van der Waals surface area (Å²) in [4.78, 5) is 24.5. The minimum absolute atomic E-state index is 0.00221. The lowest BCUT2D eigenvalue weighted by Crippen LogP contribution is -2.19. The molecular weight excluding hydrogens is 392 g/mol. The SMILES string of the molecule is Cc1ccc(NC(=O)C(C)C)cc1NC(=O)C1CC1c1cccc(Br)c1. The van der Waals surface area contributed by atoms with Crippen molar-refractivity contribution >= 4 is 39.1 Å². The zero-order valence-electron chi connectivity index (χ0n) is 15.2. The number of carbonyl (C=O) groups excluding carboxylic acids is 2. The Hall–Kier alpha value is -2.14. The van der Waals surface area contributed by atoms with Gasteiger partial charge in [-0.05, 0) is 54.7 Å². The van der Waals surface area contributed by atoms with Crippen molar-refractivity contribution in [2.75, 3.05) is 10.6 Å². The molecule has 1 saturated carbocycles. The molecule has 0 radical (unpaired) electrons. The number of benzene rings is 2. The maximum Gasteiger partial charge on any atom is 0.228 e. The van der Waals surface area contributed by atoms with Gasteiger partial charge in [0.25, 0.3) is 0 Å². The van der Waals surface area contributed by atoms with Crippen molar-refractivity contribution in [2.24, 2.45) is 11.8 Å². The van der Waals surface area contributed by atoms with Crippen LogP contribution in [0.25, 0.3) is 0 Å². The third kappa shape index (κ3) is 4.33. The summed E-state index contributed by atoms with van der Waals surface area (Å²) < 4.78 is 1.03. The molecule has 2 N–H and O–H groups in total. The molecule has 2 unspecified atom stereocenters. The van der Waals surface area contributed by atoms with E-state index in [1.165, 1.54) is 5.56 Å². The van der Waals surface area contributed by atoms with Crippen LogP contribution in [0, 0.1) is 18.8 Å². The van der Waals surface area contributed by atoms with Gasteiger partial charge in [0, 0.05) is 27.7 Å². The van der Waals surface area contributed by atoms with Crippen molar-refractivity contribution in [1.29, 1.82) is 0 Å². The van der Waals surface area contributed by atoms with Crippen molar-refractivity contribution in [3.63, 3.8) is 0 Å². The molecule has 136 valence electrons. The fraction of sp³-hybridized carbons (Fsp3) is 0.333. The molecule has 1 aliphatic carbocycles. The molecule has 0 spiro atoms. The predicted octanol–water partition coefficient (Wildman–Crippen LogP) is 5.09. The monoisotopic (exact) mass is 414 g/mol. The van der Waals surface area contributed by atoms with E-state index >= 15 is 0 Å². The Morgan fingerprint density at radius 3 is 2.58 bits per heavy atom. The molecule has 0 bridgehead atoms. The molecule has 0 aliphatic heterocycles. The standard InChI is InChI=1S/C21H23BrN2O2/c1-12(2)20(25)23-16-8-7-13(3)19(10-16)24-21(26)18-11-17(18)14-5-4-6-15(22)9-14/h4-10,12,17-18H,11H2,1-3H3,(H,23,25)(H,24,26). The quantitative estimate of drug-likeness (QED) is 0.715. The van der Waals surface area contributed by atoms with Gasteiger partial charge in [0.05, 0.1) is 0 Å². The highest BCUT2D eigenvalue weighted by atomic mass is 79.9. The van der Waals surface area contributed by atoms with E-state index in [0.717, 1.165) is 22.1 Å². The number of hydrogen-bond donors (Lipinski definition) is 2. The van der Waals surface area contributed by atoms with E-state index in [4.69, 9.17) is 0 Å². The zero-order chi connectivity index (χ0) is 18.8. The highest BCUT2D eigenvalue weighted by Crippen LogP contribution is 2.48. The van der Waals surface area contributed by atoms with Crippen LogP contribution in [0.5, 0.6) is 0 Å². The molecule has 2 aromatic rings. The van der Waals surface area contributed by atoms with Crippen LogP contribution >= 0.6 is 15.9 Å². The molecule has 4 nitrogen and oxygen atoms in total. The summed E-state index contributed by atoms with van der Waals surface area (Å²) in [6.07, 6.45) is 0.866. The van der Waals surface area contributed by atoms with Crippen molar-refractivity contribution in [2.45, 2.75) is 33.1 Å². The molecule has 0 saturated heterocycles. The summed E-state index contributed by atoms with van der Waals surface area (Å²) in [5.41, 5.74) is 3.61. The van der Waals surface area contributed by atoms with Crippen molar-refractivity contribution in [3.05, 3.63) is 58.1 Å². The summed E-state index contributed by atoms with van der Waals surface area (Å²) in [5, 5.41) is 5.90. The van der Waals surface area contributed by atoms with Crippen LogP contribution in [0.3, 0.4) is 0 Å². The summed E-state index contributed by atoms with van der Waals surface area (Å²) in [6.45, 7) is 5.64. The Bertz CT molecular complexity index is 848. The van der Waals surface area contributed by atoms with Crippen LogP contribution in [-0.2, 0) is 9.59 Å². The van der Waals surface area contributed by atoms with E-state index in [0.29, 0.717) is 5.69 Å². The van der Waals surface area contributed by atoms with E-state index < -0.39 is 0 Å². The smallest absolute Gasteiger partial charge is 0.228 e. The molecule has 0 aromatic heterocycles. The number of hydrogen-bond acceptors (Lipinski definition) is 2. The van der Waals surface area contributed by atoms with Gasteiger partial charge < -0.3 is 10.6 Å². The Kier molecular flexibility index (Phi) is 5.47. The van der Waals surface area contributed by atoms with Gasteiger partial charge in [0.15, 0.2) is 0 Å². The van der Waals surface area contributed by atoms with Crippen LogP contribution in [-0.4, -0.2) is 11.8 Å². The first-order chi connectivity index (χ1) is 12.3. The molecule has 26 heavy (non-hydrogen) atoms. The van der Waals surface area contributed by atoms with Crippen LogP contribution < -0.4 is 10.6 Å². The first-order valence-corrected chi connectivity index (χ1v) is 9.62. The Morgan fingerprint density at radius 2 is 1.88 bits per heavy atom. The highest BCUT2D eigenvalue weighted by molar-refractivity contribution is 9.10. The summed E-state index contributed by atoms with van der Waals surface area (Å²) in [6, 6.07) is 13.7. The van der Waals surface area contributed by atoms with Crippen molar-refractivity contribution in [3.8, 4) is 0 Å². The summed E-state index contributed by atoms with van der Waals surface area (Å²) >= 11 is 3.48. The maximum atomic E-state index is 12.6. The fourth-order valence-electron chi connectivity index (χ4n) is 2.94. The number of halogens is 1. The number of aryl methyl sites for hydroxylation is 1. The van der Waals surface area contributed by atoms with Gasteiger partial charge in [-0.3, -0.25) is 9.59 Å². The van der Waals surface area contributed by atoms with E-state index in [9.17, 15) is 9.59 Å². The molecule has 1 fully saturated rings. The van der Waals surface area contributed by atoms with Crippen LogP contribution in [0.4, 0.5) is 11.4 Å². The molecule has 1 aliphatic rings. The summed E-state index contributed by atoms with van der Waals surface area (Å²) in [5.74, 6) is 0.175. The fourth-order valence-corrected chi connectivity index (χ4v) is 3.35. The second kappa shape index (κ2) is 7.62. The highest BCUT2D eigenvalue weighted by Gasteiger charge is 2.44. The average Bonchev–Trinajstić information content (AvgIpc) is 3.38. The predicted molar refractivity (Wildman–Crippen MR) is 108 cm³/mol. The number of nitrogens with one attached hydrogen (secondary N) is 2. The van der Waals surface area contributed by atoms with Crippen molar-refractivity contribution in [1.82, 2.24) is 0 Å². The zero-order valence-corrected chi connectivity index (χ0v) is 16.8. The molecule has 3 rings (SSSR count). The second-order valence-electron chi connectivity index (χ2n) is 7.17. The molecular formula is C21H23BrN2O2. The molecule has 5 heteroatoms. The van der Waals surface area contributed by atoms with Gasteiger partial charge in [-0.1, -0.05) is 48.0 Å². The van der Waals surface area contributed by atoms with Gasteiger partial charge in [0.2, 0.25) is 11.8 Å². The molecule has 2 atom stereocenters. The molecule has 2 amide bonds. The van der Waals surface area contributed by atoms with Gasteiger partial charge in [-0.2, -0.15) is 0 Å². The Labute approximate surface area is 162 Å². The Balaban J connectivity index is 1.67. The van der Waals surface area contributed by atoms with Gasteiger partial charge in [0.1, 0.15) is 0 Å². The minimum Gasteiger partial charge on any atom is -0.326 e. The first-order valence-electron chi connectivity index (χ1n) is 8.83. The van der Waals surface area contributed by atoms with Gasteiger partial charge in [-0.15, -0.1) is 0 Å². The lowest BCUT2D eigenvalue weighted by atomic mass is 10.1. The molecule has 0 heterocycles. The second-order valence-corrected chi connectivity index (χ2v) is 8.08. The third-order valence-electron chi connectivity index (χ3n) is 4.69. The number of amides is 2. The van der Waals surface area contributed by atoms with Crippen LogP contribution in [0.2, 0.25) is 0 Å². The average molecular weight is 415 g/mol. The number of carbonyl (C=O) groups is 2. The van der Waals surface area contributed by atoms with Gasteiger partial charge in [-0.25, -0.2) is 0 Å². The van der Waals surface area contributed by atoms with Gasteiger partial charge >= 0.3 is 0 Å². The van der Waals surface area contributed by atoms with E-state index in [1.807, 2.05) is 51.1 Å². The Morgan fingerprint density at radius 1 is 1.12 bits per heavy atom. The van der Waals surface area contributed by atoms with E-state index in [-0.39, 0.29) is 29.6 Å². The van der Waals surface area contributed by atoms with Crippen LogP contribution in [0.15, 0.2) is 46.9 Å². The topological polar surface area (TPSA) is 58.2 Å². The molecule has 2 aromatic carbocycles. The lowest BCUT2D eigenvalue weighted by Gasteiger charge is -2.13. The van der Waals surface area contributed by atoms with E-state index in [1.54, 1.807) is 0 Å². The normalized spacial score (nSPS) is 18.5. The maximum absolute atomic E-state index is 12.6. The van der Waals surface area contributed by atoms with Crippen molar-refractivity contribution < 1.29 is 9.59 Å². The summed E-state index contributed by atoms with van der Waals surface area (Å²) in [7, 11) is 0. The van der Waals surface area contributed by atoms with E-state index in [2.05, 4.69) is 38.7 Å². The minimum atomic E-state index is -0.0910. The lowest BCUT2D eigenvalue weighted by molar-refractivity contribution is -0.119. The third-order valence-corrected chi connectivity index (χ3v) is 5.18.